The summed E-state index contributed by atoms with van der Waals surface area (Å²) < 4.78 is 10.4. The Bertz CT molecular complexity index is 742. The third kappa shape index (κ3) is 3.00. The van der Waals surface area contributed by atoms with E-state index in [0.29, 0.717) is 32.7 Å². The van der Waals surface area contributed by atoms with Crippen molar-refractivity contribution in [1.29, 1.82) is 0 Å². The Hall–Kier alpha value is -2.24. The molecule has 0 aromatic heterocycles. The van der Waals surface area contributed by atoms with Crippen LogP contribution in [-0.4, -0.2) is 18.9 Å². The summed E-state index contributed by atoms with van der Waals surface area (Å²) in [7, 11) is 0. The van der Waals surface area contributed by atoms with Gasteiger partial charge in [-0.2, -0.15) is 5.10 Å². The van der Waals surface area contributed by atoms with Gasteiger partial charge in [-0.3, -0.25) is 4.79 Å². The van der Waals surface area contributed by atoms with E-state index in [9.17, 15) is 4.79 Å². The minimum Gasteiger partial charge on any atom is -0.454 e. The second kappa shape index (κ2) is 6.25. The zero-order valence-electron chi connectivity index (χ0n) is 11.2. The quantitative estimate of drug-likeness (QED) is 0.689. The van der Waals surface area contributed by atoms with Crippen LogP contribution in [0.2, 0.25) is 10.0 Å². The molecule has 2 aromatic carbocycles. The molecule has 0 radical (unpaired) electrons. The van der Waals surface area contributed by atoms with Crippen LogP contribution in [-0.2, 0) is 0 Å². The number of ether oxygens (including phenoxy) is 2. The monoisotopic (exact) mass is 336 g/mol. The van der Waals surface area contributed by atoms with E-state index in [1.807, 2.05) is 0 Å². The van der Waals surface area contributed by atoms with E-state index in [2.05, 4.69) is 10.5 Å². The van der Waals surface area contributed by atoms with Gasteiger partial charge >= 0.3 is 0 Å². The van der Waals surface area contributed by atoms with Crippen molar-refractivity contribution in [2.24, 2.45) is 5.10 Å². The zero-order chi connectivity index (χ0) is 15.5. The van der Waals surface area contributed by atoms with Crippen LogP contribution in [0.25, 0.3) is 0 Å². The lowest BCUT2D eigenvalue weighted by atomic mass is 10.2. The van der Waals surface area contributed by atoms with Crippen molar-refractivity contribution in [3.63, 3.8) is 0 Å². The lowest BCUT2D eigenvalue weighted by Crippen LogP contribution is -2.17. The molecule has 1 heterocycles. The number of amides is 1. The highest BCUT2D eigenvalue weighted by Crippen LogP contribution is 2.32. The summed E-state index contributed by atoms with van der Waals surface area (Å²) >= 11 is 12.0. The summed E-state index contributed by atoms with van der Waals surface area (Å²) in [5.74, 6) is 0.770. The molecule has 1 N–H and O–H groups in total. The first-order chi connectivity index (χ1) is 10.6. The van der Waals surface area contributed by atoms with Crippen LogP contribution in [0.3, 0.4) is 0 Å². The Balaban J connectivity index is 1.71. The highest BCUT2D eigenvalue weighted by atomic mass is 35.5. The molecule has 1 aliphatic rings. The second-order valence-electron chi connectivity index (χ2n) is 4.40. The molecule has 0 saturated carbocycles. The predicted molar refractivity (Wildman–Crippen MR) is 84.1 cm³/mol. The van der Waals surface area contributed by atoms with Crippen molar-refractivity contribution in [2.75, 3.05) is 6.79 Å². The molecular formula is C15H10Cl2N2O3. The van der Waals surface area contributed by atoms with E-state index in [0.717, 1.165) is 0 Å². The Morgan fingerprint density at radius 2 is 1.86 bits per heavy atom. The number of halogens is 2. The van der Waals surface area contributed by atoms with E-state index in [4.69, 9.17) is 32.7 Å². The van der Waals surface area contributed by atoms with Gasteiger partial charge < -0.3 is 9.47 Å². The van der Waals surface area contributed by atoms with Gasteiger partial charge in [0.2, 0.25) is 6.79 Å². The molecule has 3 rings (SSSR count). The van der Waals surface area contributed by atoms with Crippen molar-refractivity contribution >= 4 is 35.3 Å². The van der Waals surface area contributed by atoms with Crippen LogP contribution in [0.1, 0.15) is 15.9 Å². The lowest BCUT2D eigenvalue weighted by molar-refractivity contribution is 0.0954. The van der Waals surface area contributed by atoms with Crippen molar-refractivity contribution in [1.82, 2.24) is 5.43 Å². The first-order valence-corrected chi connectivity index (χ1v) is 7.08. The fourth-order valence-electron chi connectivity index (χ4n) is 1.89. The molecule has 0 saturated heterocycles. The third-order valence-corrected chi connectivity index (χ3v) is 3.65. The molecule has 1 aliphatic heterocycles. The summed E-state index contributed by atoms with van der Waals surface area (Å²) in [6.45, 7) is 0.156. The topological polar surface area (TPSA) is 59.9 Å². The molecule has 0 aliphatic carbocycles. The highest BCUT2D eigenvalue weighted by molar-refractivity contribution is 6.38. The van der Waals surface area contributed by atoms with Crippen LogP contribution in [0.15, 0.2) is 41.5 Å². The maximum Gasteiger partial charge on any atom is 0.271 e. The van der Waals surface area contributed by atoms with Crippen molar-refractivity contribution in [3.05, 3.63) is 57.6 Å². The van der Waals surface area contributed by atoms with Crippen molar-refractivity contribution < 1.29 is 14.3 Å². The van der Waals surface area contributed by atoms with Crippen molar-refractivity contribution in [2.45, 2.75) is 0 Å². The first-order valence-electron chi connectivity index (χ1n) is 6.32. The van der Waals surface area contributed by atoms with Crippen LogP contribution < -0.4 is 14.9 Å². The second-order valence-corrected chi connectivity index (χ2v) is 5.22. The van der Waals surface area contributed by atoms with Crippen molar-refractivity contribution in [3.8, 4) is 11.5 Å². The fourth-order valence-corrected chi connectivity index (χ4v) is 2.39. The van der Waals surface area contributed by atoms with Gasteiger partial charge in [0.05, 0.1) is 16.3 Å². The van der Waals surface area contributed by atoms with E-state index in [1.165, 1.54) is 6.21 Å². The molecule has 0 fully saturated rings. The molecule has 0 spiro atoms. The largest absolute Gasteiger partial charge is 0.454 e. The lowest BCUT2D eigenvalue weighted by Gasteiger charge is -2.03. The van der Waals surface area contributed by atoms with Gasteiger partial charge in [0.1, 0.15) is 0 Å². The fraction of sp³-hybridized carbons (Fsp3) is 0.0667. The molecule has 0 atom stereocenters. The average molecular weight is 337 g/mol. The zero-order valence-corrected chi connectivity index (χ0v) is 12.7. The van der Waals surface area contributed by atoms with E-state index >= 15 is 0 Å². The number of carbonyl (C=O) groups is 1. The van der Waals surface area contributed by atoms with Gasteiger partial charge in [0.15, 0.2) is 11.5 Å². The van der Waals surface area contributed by atoms with E-state index in [1.54, 1.807) is 36.4 Å². The standard InChI is InChI=1S/C15H10Cl2N2O3/c16-11-2-1-3-12(17)10(11)7-18-19-15(20)9-4-5-13-14(6-9)22-8-21-13/h1-7H,8H2,(H,19,20)/b18-7-. The Morgan fingerprint density at radius 3 is 2.64 bits per heavy atom. The normalized spacial score (nSPS) is 12.6. The van der Waals surface area contributed by atoms with Crippen LogP contribution in [0.4, 0.5) is 0 Å². The van der Waals surface area contributed by atoms with Gasteiger partial charge in [-0.1, -0.05) is 29.3 Å². The minimum atomic E-state index is -0.377. The van der Waals surface area contributed by atoms with Crippen LogP contribution in [0.5, 0.6) is 11.5 Å². The minimum absolute atomic E-state index is 0.156. The SMILES string of the molecule is O=C(N/N=C\c1c(Cl)cccc1Cl)c1ccc2c(c1)OCO2. The number of benzene rings is 2. The molecule has 0 bridgehead atoms. The molecular weight excluding hydrogens is 327 g/mol. The van der Waals surface area contributed by atoms with Crippen LogP contribution >= 0.6 is 23.2 Å². The van der Waals surface area contributed by atoms with E-state index < -0.39 is 0 Å². The maximum absolute atomic E-state index is 12.0. The number of rotatable bonds is 3. The smallest absolute Gasteiger partial charge is 0.271 e. The number of carbonyl (C=O) groups excluding carboxylic acids is 1. The van der Waals surface area contributed by atoms with Crippen LogP contribution in [0, 0.1) is 0 Å². The summed E-state index contributed by atoms with van der Waals surface area (Å²) in [5.41, 5.74) is 3.36. The Labute approximate surface area is 136 Å². The third-order valence-electron chi connectivity index (χ3n) is 2.99. The molecule has 5 nitrogen and oxygen atoms in total. The summed E-state index contributed by atoms with van der Waals surface area (Å²) in [5, 5.41) is 4.77. The molecule has 112 valence electrons. The number of hydrogen-bond acceptors (Lipinski definition) is 4. The highest BCUT2D eigenvalue weighted by Gasteiger charge is 2.15. The number of nitrogens with one attached hydrogen (secondary N) is 1. The average Bonchev–Trinajstić information content (AvgIpc) is 2.97. The molecule has 22 heavy (non-hydrogen) atoms. The number of hydrazone groups is 1. The molecule has 0 unspecified atom stereocenters. The number of fused-ring (bicyclic) bond motifs is 1. The molecule has 1 amide bonds. The maximum atomic E-state index is 12.0. The summed E-state index contributed by atoms with van der Waals surface area (Å²) in [6, 6.07) is 10.00. The van der Waals surface area contributed by atoms with Gasteiger partial charge in [-0.25, -0.2) is 5.43 Å². The number of hydrogen-bond donors (Lipinski definition) is 1. The van der Waals surface area contributed by atoms with Gasteiger partial charge in [0.25, 0.3) is 5.91 Å². The first kappa shape index (κ1) is 14.7. The van der Waals surface area contributed by atoms with Gasteiger partial charge in [-0.15, -0.1) is 0 Å². The summed E-state index contributed by atoms with van der Waals surface area (Å²) in [4.78, 5) is 12.0. The van der Waals surface area contributed by atoms with E-state index in [-0.39, 0.29) is 12.7 Å². The predicted octanol–water partition coefficient (Wildman–Crippen LogP) is 3.49. The molecule has 2 aromatic rings. The Kier molecular flexibility index (Phi) is 4.18. The number of nitrogens with zero attached hydrogens (tertiary/aromatic N) is 1. The molecule has 7 heteroatoms. The van der Waals surface area contributed by atoms with Gasteiger partial charge in [-0.05, 0) is 30.3 Å². The van der Waals surface area contributed by atoms with Gasteiger partial charge in [0, 0.05) is 11.1 Å². The Morgan fingerprint density at radius 1 is 1.14 bits per heavy atom. The summed E-state index contributed by atoms with van der Waals surface area (Å²) in [6.07, 6.45) is 1.40.